The molecule has 54 heavy (non-hydrogen) atoms. The number of fused-ring (bicyclic) bond motifs is 9. The van der Waals surface area contributed by atoms with Gasteiger partial charge >= 0.3 is 11.9 Å². The fourth-order valence-corrected chi connectivity index (χ4v) is 9.24. The number of rotatable bonds is 2. The molecule has 9 bridgehead atoms. The minimum absolute atomic E-state index is 0.0458. The Balaban J connectivity index is 1.36. The van der Waals surface area contributed by atoms with Crippen molar-refractivity contribution < 1.29 is 49.4 Å². The monoisotopic (exact) mass is 732 g/mol. The van der Waals surface area contributed by atoms with E-state index >= 15 is 0 Å². The van der Waals surface area contributed by atoms with E-state index in [1.165, 1.54) is 18.2 Å². The highest BCUT2D eigenvalue weighted by atomic mass is 16.6. The summed E-state index contributed by atoms with van der Waals surface area (Å²) in [7, 11) is 0. The summed E-state index contributed by atoms with van der Waals surface area (Å²) in [4.78, 5) is 41.1. The number of aromatic hydroxyl groups is 2. The van der Waals surface area contributed by atoms with Crippen LogP contribution in [0.15, 0.2) is 59.7 Å². The Labute approximate surface area is 313 Å². The van der Waals surface area contributed by atoms with Gasteiger partial charge in [0.2, 0.25) is 0 Å². The highest BCUT2D eigenvalue weighted by Crippen LogP contribution is 2.44. The molecule has 3 heterocycles. The number of Topliss-reactive ketones (excluding diaryl/α,β-unsaturated/α-hetero) is 1. The van der Waals surface area contributed by atoms with Crippen LogP contribution in [0.2, 0.25) is 0 Å². The summed E-state index contributed by atoms with van der Waals surface area (Å²) >= 11 is 0. The van der Waals surface area contributed by atoms with Crippen molar-refractivity contribution in [1.82, 2.24) is 0 Å². The second-order valence-electron chi connectivity index (χ2n) is 15.9. The topological polar surface area (TPSA) is 171 Å². The Morgan fingerprint density at radius 3 is 2.48 bits per heavy atom. The number of aliphatic hydroxyl groups excluding tert-OH is 2. The van der Waals surface area contributed by atoms with Gasteiger partial charge in [0.1, 0.15) is 34.7 Å². The number of ether oxygens (including phenoxy) is 2. The van der Waals surface area contributed by atoms with Gasteiger partial charge in [0.15, 0.2) is 0 Å². The Kier molecular flexibility index (Phi) is 9.37. The zero-order valence-electron chi connectivity index (χ0n) is 30.1. The molecule has 2 aliphatic carbocycles. The van der Waals surface area contributed by atoms with Crippen molar-refractivity contribution >= 4 is 17.7 Å². The molecule has 5 aliphatic rings. The third-order valence-electron chi connectivity index (χ3n) is 12.4. The highest BCUT2D eigenvalue weighted by Gasteiger charge is 2.47. The number of hydrogen-bond donors (Lipinski definition) is 5. The molecular weight excluding hydrogens is 688 g/mol. The molecule has 0 saturated heterocycles. The smallest absolute Gasteiger partial charge is 0.334 e. The van der Waals surface area contributed by atoms with Crippen molar-refractivity contribution in [3.8, 4) is 29.1 Å². The number of esters is 2. The summed E-state index contributed by atoms with van der Waals surface area (Å²) in [6.45, 7) is 1.28. The first-order chi connectivity index (χ1) is 25.9. The number of carbonyl (C=O) groups excluding carboxylic acids is 3. The van der Waals surface area contributed by atoms with Gasteiger partial charge in [0, 0.05) is 48.3 Å². The number of aryl methyl sites for hydroxylation is 1. The zero-order chi connectivity index (χ0) is 37.9. The maximum Gasteiger partial charge on any atom is 0.334 e. The normalized spacial score (nSPS) is 30.7. The third kappa shape index (κ3) is 6.81. The minimum atomic E-state index is -1.66. The van der Waals surface area contributed by atoms with Crippen LogP contribution < -0.4 is 4.74 Å². The van der Waals surface area contributed by atoms with Crippen LogP contribution >= 0.6 is 0 Å². The summed E-state index contributed by atoms with van der Waals surface area (Å²) in [6.07, 6.45) is 0.159. The second kappa shape index (κ2) is 14.0. The molecule has 0 radical (unpaired) electrons. The summed E-state index contributed by atoms with van der Waals surface area (Å²) in [5.74, 6) is 3.03. The molecule has 0 unspecified atom stereocenters. The molecule has 0 spiro atoms. The van der Waals surface area contributed by atoms with E-state index in [1.807, 2.05) is 12.1 Å². The number of carbonyl (C=O) groups is 3. The summed E-state index contributed by atoms with van der Waals surface area (Å²) in [6, 6.07) is 13.8. The fourth-order valence-electron chi connectivity index (χ4n) is 9.24. The molecule has 7 atom stereocenters. The van der Waals surface area contributed by atoms with E-state index in [0.717, 1.165) is 16.7 Å². The van der Waals surface area contributed by atoms with Crippen LogP contribution in [0.25, 0.3) is 0 Å². The summed E-state index contributed by atoms with van der Waals surface area (Å²) in [5, 5.41) is 56.6. The quantitative estimate of drug-likeness (QED) is 0.141. The van der Waals surface area contributed by atoms with Crippen LogP contribution in [0.5, 0.6) is 17.2 Å². The van der Waals surface area contributed by atoms with Gasteiger partial charge in [-0.1, -0.05) is 36.1 Å². The first-order valence-electron chi connectivity index (χ1n) is 18.8. The van der Waals surface area contributed by atoms with Crippen LogP contribution in [0.3, 0.4) is 0 Å². The molecule has 0 aromatic heterocycles. The molecule has 1 saturated carbocycles. The molecule has 3 aromatic carbocycles. The number of hydrogen-bond acceptors (Lipinski definition) is 10. The fraction of sp³-hybridized carbons (Fsp3) is 0.432. The van der Waals surface area contributed by atoms with Gasteiger partial charge in [-0.15, -0.1) is 0 Å². The first kappa shape index (κ1) is 36.0. The number of ketones is 1. The average molecular weight is 733 g/mol. The van der Waals surface area contributed by atoms with E-state index in [4.69, 9.17) is 9.47 Å². The van der Waals surface area contributed by atoms with E-state index in [-0.39, 0.29) is 73.2 Å². The number of phenolic OH excluding ortho intramolecular Hbond substituents is 2. The predicted molar refractivity (Wildman–Crippen MR) is 196 cm³/mol. The molecule has 3 aliphatic heterocycles. The van der Waals surface area contributed by atoms with Gasteiger partial charge in [-0.05, 0) is 109 Å². The predicted octanol–water partition coefficient (Wildman–Crippen LogP) is 4.77. The Hall–Kier alpha value is -4.95. The lowest BCUT2D eigenvalue weighted by molar-refractivity contribution is -0.170. The average Bonchev–Trinajstić information content (AvgIpc) is 3.28. The Bertz CT molecular complexity index is 2150. The van der Waals surface area contributed by atoms with Gasteiger partial charge in [-0.25, -0.2) is 4.79 Å². The Morgan fingerprint density at radius 2 is 1.67 bits per heavy atom. The summed E-state index contributed by atoms with van der Waals surface area (Å²) < 4.78 is 12.0. The van der Waals surface area contributed by atoms with Crippen LogP contribution in [-0.2, 0) is 51.4 Å². The SMILES string of the molecule is C[C@]1(O)[C@H]2CCC(=O)[C@@H](Cc3ccc4c(c3)C[C@H](O)/C(=C3\C[C@@H](c5cc(O)cc(CO)c5)C#C[C@H]5CC(=O)Oc6cc(O)c(cc65)C[C@H]1OC3=O)CC4)C2. The van der Waals surface area contributed by atoms with E-state index < -0.39 is 47.5 Å². The van der Waals surface area contributed by atoms with Crippen LogP contribution in [0.4, 0.5) is 0 Å². The van der Waals surface area contributed by atoms with Crippen LogP contribution in [0, 0.1) is 23.7 Å². The third-order valence-corrected chi connectivity index (χ3v) is 12.4. The molecule has 5 N–H and O–H groups in total. The van der Waals surface area contributed by atoms with Gasteiger partial charge in [0.05, 0.1) is 25.0 Å². The molecule has 10 heteroatoms. The molecular formula is C44H44O10. The molecule has 0 amide bonds. The van der Waals surface area contributed by atoms with Crippen LogP contribution in [0.1, 0.15) is 96.2 Å². The lowest BCUT2D eigenvalue weighted by atomic mass is 9.68. The van der Waals surface area contributed by atoms with Crippen molar-refractivity contribution in [2.24, 2.45) is 11.8 Å². The van der Waals surface area contributed by atoms with Crippen molar-refractivity contribution in [3.05, 3.63) is 98.6 Å². The van der Waals surface area contributed by atoms with Crippen LogP contribution in [-0.4, -0.2) is 61.1 Å². The maximum absolute atomic E-state index is 14.9. The van der Waals surface area contributed by atoms with E-state index in [2.05, 4.69) is 17.9 Å². The molecule has 3 aromatic rings. The molecule has 10 nitrogen and oxygen atoms in total. The van der Waals surface area contributed by atoms with Gasteiger partial charge < -0.3 is 35.0 Å². The molecule has 280 valence electrons. The number of phenols is 2. The van der Waals surface area contributed by atoms with Crippen molar-refractivity contribution in [2.45, 2.75) is 107 Å². The van der Waals surface area contributed by atoms with Crippen molar-refractivity contribution in [1.29, 1.82) is 0 Å². The number of aliphatic hydroxyl groups is 3. The van der Waals surface area contributed by atoms with E-state index in [0.29, 0.717) is 59.9 Å². The lowest BCUT2D eigenvalue weighted by Crippen LogP contribution is -2.52. The standard InChI is InChI=1S/C44H44O10/c1-44(52)32-7-9-37(47)30(14-32)11-23-2-3-25-6-8-34(39(49)18-29(25)10-23)36-16-26(28-12-24(22-45)13-33(46)15-28)4-5-27-20-42(50)53-40-21-38(48)31(17-35(27)40)19-41(44)54-43(36)51/h2-3,10,12-13,15,17,21,26-27,30,32,39,41,45-46,48-49,52H,6-9,11,14,16,18-20,22H2,1H3/b36-34+/t26-,27-,30-,32-,39-,41+,44-/m0/s1. The largest absolute Gasteiger partial charge is 0.508 e. The van der Waals surface area contributed by atoms with Crippen molar-refractivity contribution in [2.75, 3.05) is 0 Å². The van der Waals surface area contributed by atoms with E-state index in [1.54, 1.807) is 19.1 Å². The zero-order valence-corrected chi connectivity index (χ0v) is 30.1. The summed E-state index contributed by atoms with van der Waals surface area (Å²) in [5.41, 5.74) is 3.85. The minimum Gasteiger partial charge on any atom is -0.508 e. The maximum atomic E-state index is 14.9. The highest BCUT2D eigenvalue weighted by molar-refractivity contribution is 5.90. The first-order valence-corrected chi connectivity index (χ1v) is 18.8. The van der Waals surface area contributed by atoms with Gasteiger partial charge in [0.25, 0.3) is 0 Å². The second-order valence-corrected chi connectivity index (χ2v) is 15.9. The molecule has 8 rings (SSSR count). The van der Waals surface area contributed by atoms with Gasteiger partial charge in [-0.2, -0.15) is 0 Å². The van der Waals surface area contributed by atoms with Gasteiger partial charge in [-0.3, -0.25) is 9.59 Å². The number of benzene rings is 3. The molecule has 1 fully saturated rings. The Morgan fingerprint density at radius 1 is 0.852 bits per heavy atom. The van der Waals surface area contributed by atoms with E-state index in [9.17, 15) is 39.9 Å². The lowest BCUT2D eigenvalue weighted by Gasteiger charge is -2.42. The van der Waals surface area contributed by atoms with Crippen molar-refractivity contribution in [3.63, 3.8) is 0 Å².